The van der Waals surface area contributed by atoms with Crippen LogP contribution in [-0.2, 0) is 32.6 Å². The number of carbonyl (C=O) groups is 3. The van der Waals surface area contributed by atoms with Crippen LogP contribution in [-0.4, -0.2) is 30.4 Å². The van der Waals surface area contributed by atoms with E-state index < -0.39 is 19.4 Å². The minimum absolute atomic E-state index is 0.0854. The van der Waals surface area contributed by atoms with Gasteiger partial charge in [-0.25, -0.2) is 10.1 Å². The van der Waals surface area contributed by atoms with E-state index in [2.05, 4.69) is 14.1 Å². The van der Waals surface area contributed by atoms with Crippen molar-refractivity contribution in [2.45, 2.75) is 33.6 Å². The van der Waals surface area contributed by atoms with Gasteiger partial charge in [0.2, 0.25) is 5.91 Å². The fourth-order valence-electron chi connectivity index (χ4n) is 0.790. The van der Waals surface area contributed by atoms with Gasteiger partial charge in [0.1, 0.15) is 0 Å². The third kappa shape index (κ3) is 13.8. The monoisotopic (exact) mass is 408 g/mol. The van der Waals surface area contributed by atoms with Crippen molar-refractivity contribution in [2.24, 2.45) is 5.50 Å². The molecule has 0 aromatic rings. The first-order valence-corrected chi connectivity index (χ1v) is 12.9. The zero-order chi connectivity index (χ0) is 18.7. The highest BCUT2D eigenvalue weighted by atomic mass is 32.7. The molecule has 0 aliphatic carbocycles. The summed E-state index contributed by atoms with van der Waals surface area (Å²) >= 11 is 1.40. The second-order valence-electron chi connectivity index (χ2n) is 3.70. The lowest BCUT2D eigenvalue weighted by Gasteiger charge is -2.11. The first kappa shape index (κ1) is 24.9. The van der Waals surface area contributed by atoms with Crippen LogP contribution in [0.5, 0.6) is 0 Å². The van der Waals surface area contributed by atoms with Gasteiger partial charge in [-0.3, -0.25) is 24.0 Å². The molecule has 0 saturated heterocycles. The van der Waals surface area contributed by atoms with E-state index in [0.717, 1.165) is 11.4 Å². The molecule has 0 saturated carbocycles. The van der Waals surface area contributed by atoms with Gasteiger partial charge >= 0.3 is 19.4 Å². The third-order valence-electron chi connectivity index (χ3n) is 1.81. The van der Waals surface area contributed by atoms with Crippen LogP contribution in [0.1, 0.15) is 33.6 Å². The molecule has 0 aliphatic rings. The van der Waals surface area contributed by atoms with Crippen molar-refractivity contribution in [1.82, 2.24) is 5.09 Å². The van der Waals surface area contributed by atoms with Crippen LogP contribution in [0.25, 0.3) is 0 Å². The Labute approximate surface area is 143 Å². The highest BCUT2D eigenvalue weighted by Crippen LogP contribution is 2.53. The van der Waals surface area contributed by atoms with Gasteiger partial charge in [-0.15, -0.1) is 0 Å². The number of hydrogen-bond donors (Lipinski definition) is 2. The maximum absolute atomic E-state index is 11.2. The first-order valence-electron chi connectivity index (χ1n) is 6.29. The maximum Gasteiger partial charge on any atom is 0.381 e. The second-order valence-corrected chi connectivity index (χ2v) is 12.2. The Bertz CT molecular complexity index is 485. The lowest BCUT2D eigenvalue weighted by Crippen LogP contribution is -2.15. The molecule has 0 aliphatic heterocycles. The third-order valence-corrected chi connectivity index (χ3v) is 8.33. The highest BCUT2D eigenvalue weighted by molar-refractivity contribution is 8.63. The standard InChI is InChI=1S/C6H12NO4PS.C4H10NO3PS/c1-3-5(8)11-12(7,10)13-6(9)4-2;1-4(6)5-9(7,8-2)10-3/h3-4H2,1-2H3,(H2,7,10);1-3H3,(H,5,6,7). The zero-order valence-corrected chi connectivity index (χ0v) is 17.0. The molecule has 136 valence electrons. The number of nitrogens with two attached hydrogens (primary N) is 1. The molecule has 0 aromatic carbocycles. The fraction of sp³-hybridized carbons (Fsp3) is 0.700. The molecule has 0 fully saturated rings. The van der Waals surface area contributed by atoms with Crippen molar-refractivity contribution in [1.29, 1.82) is 0 Å². The molecule has 9 nitrogen and oxygen atoms in total. The van der Waals surface area contributed by atoms with Crippen LogP contribution < -0.4 is 10.6 Å². The minimum atomic E-state index is -3.62. The summed E-state index contributed by atoms with van der Waals surface area (Å²) in [4.78, 5) is 31.9. The van der Waals surface area contributed by atoms with Crippen molar-refractivity contribution in [3.63, 3.8) is 0 Å². The Kier molecular flexibility index (Phi) is 13.1. The summed E-state index contributed by atoms with van der Waals surface area (Å²) in [6.45, 7) is -2.09. The van der Waals surface area contributed by atoms with E-state index in [1.165, 1.54) is 14.0 Å². The molecule has 2 unspecified atom stereocenters. The van der Waals surface area contributed by atoms with Gasteiger partial charge in [-0.2, -0.15) is 0 Å². The molecule has 3 N–H and O–H groups in total. The Morgan fingerprint density at radius 3 is 1.96 bits per heavy atom. The fourth-order valence-corrected chi connectivity index (χ4v) is 5.08. The normalized spacial score (nSPS) is 15.2. The number of carbonyl (C=O) groups excluding carboxylic acids is 3. The molecule has 0 bridgehead atoms. The molecule has 0 heterocycles. The summed E-state index contributed by atoms with van der Waals surface area (Å²) in [5.74, 6) is -1.01. The topological polar surface area (TPSA) is 142 Å². The summed E-state index contributed by atoms with van der Waals surface area (Å²) in [7, 11) is 1.30. The van der Waals surface area contributed by atoms with E-state index in [4.69, 9.17) is 5.50 Å². The molecule has 0 radical (unpaired) electrons. The summed E-state index contributed by atoms with van der Waals surface area (Å²) in [6, 6.07) is 0. The number of rotatable bonds is 7. The SMILES string of the molecule is CCC(=O)OP(N)(=O)SC(=O)CC.COP(=O)(NC(C)=O)SC. The zero-order valence-electron chi connectivity index (χ0n) is 13.6. The highest BCUT2D eigenvalue weighted by Gasteiger charge is 2.25. The molecule has 2 atom stereocenters. The van der Waals surface area contributed by atoms with Crippen molar-refractivity contribution < 1.29 is 32.6 Å². The maximum atomic E-state index is 11.2. The second kappa shape index (κ2) is 12.1. The van der Waals surface area contributed by atoms with E-state index in [-0.39, 0.29) is 23.9 Å². The molecule has 23 heavy (non-hydrogen) atoms. The Hall–Kier alpha value is -0.310. The van der Waals surface area contributed by atoms with E-state index in [9.17, 15) is 23.5 Å². The Morgan fingerprint density at radius 1 is 1.17 bits per heavy atom. The van der Waals surface area contributed by atoms with Crippen LogP contribution in [0.2, 0.25) is 0 Å². The largest absolute Gasteiger partial charge is 0.393 e. The lowest BCUT2D eigenvalue weighted by atomic mass is 10.5. The van der Waals surface area contributed by atoms with Crippen molar-refractivity contribution in [2.75, 3.05) is 13.4 Å². The summed E-state index contributed by atoms with van der Waals surface area (Å²) in [5.41, 5.74) is 5.12. The molecular weight excluding hydrogens is 386 g/mol. The Morgan fingerprint density at radius 2 is 1.70 bits per heavy atom. The first-order chi connectivity index (χ1) is 10.4. The molecule has 1 amide bonds. The van der Waals surface area contributed by atoms with Crippen molar-refractivity contribution in [3.05, 3.63) is 0 Å². The lowest BCUT2D eigenvalue weighted by molar-refractivity contribution is -0.133. The van der Waals surface area contributed by atoms with E-state index in [1.807, 2.05) is 0 Å². The molecule has 0 spiro atoms. The van der Waals surface area contributed by atoms with E-state index >= 15 is 0 Å². The van der Waals surface area contributed by atoms with E-state index in [0.29, 0.717) is 11.4 Å². The minimum Gasteiger partial charge on any atom is -0.393 e. The van der Waals surface area contributed by atoms with Crippen molar-refractivity contribution >= 4 is 53.2 Å². The number of hydrogen-bond acceptors (Lipinski definition) is 9. The van der Waals surface area contributed by atoms with Gasteiger partial charge < -0.3 is 9.05 Å². The van der Waals surface area contributed by atoms with Gasteiger partial charge in [0.05, 0.1) is 0 Å². The van der Waals surface area contributed by atoms with Gasteiger partial charge in [0.25, 0.3) is 0 Å². The average molecular weight is 408 g/mol. The van der Waals surface area contributed by atoms with Crippen LogP contribution in [0.4, 0.5) is 0 Å². The molecule has 0 rings (SSSR count). The van der Waals surface area contributed by atoms with Crippen LogP contribution in [0.15, 0.2) is 0 Å². The predicted octanol–water partition coefficient (Wildman–Crippen LogP) is 2.92. The summed E-state index contributed by atoms with van der Waals surface area (Å²) < 4.78 is 31.4. The van der Waals surface area contributed by atoms with Gasteiger partial charge in [0, 0.05) is 38.3 Å². The predicted molar refractivity (Wildman–Crippen MR) is 93.0 cm³/mol. The van der Waals surface area contributed by atoms with Gasteiger partial charge in [-0.1, -0.05) is 25.2 Å². The van der Waals surface area contributed by atoms with E-state index in [1.54, 1.807) is 20.1 Å². The van der Waals surface area contributed by atoms with Gasteiger partial charge in [-0.05, 0) is 6.26 Å². The molecular formula is C10H22N2O7P2S2. The Balaban J connectivity index is 0. The number of nitrogens with one attached hydrogen (secondary N) is 1. The smallest absolute Gasteiger partial charge is 0.381 e. The molecule has 13 heteroatoms. The van der Waals surface area contributed by atoms with Crippen LogP contribution >= 0.6 is 36.2 Å². The summed E-state index contributed by atoms with van der Waals surface area (Å²) in [5, 5.41) is 1.86. The van der Waals surface area contributed by atoms with Gasteiger partial charge in [0.15, 0.2) is 5.12 Å². The van der Waals surface area contributed by atoms with Crippen molar-refractivity contribution in [3.8, 4) is 0 Å². The summed E-state index contributed by atoms with van der Waals surface area (Å²) in [6.07, 6.45) is 1.90. The number of amides is 1. The van der Waals surface area contributed by atoms with Crippen LogP contribution in [0.3, 0.4) is 0 Å². The average Bonchev–Trinajstić information content (AvgIpc) is 2.45. The van der Waals surface area contributed by atoms with Crippen LogP contribution in [0, 0.1) is 0 Å². The quantitative estimate of drug-likeness (QED) is 0.604. The molecule has 0 aromatic heterocycles.